The van der Waals surface area contributed by atoms with Crippen molar-refractivity contribution in [3.8, 4) is 0 Å². The van der Waals surface area contributed by atoms with E-state index in [1.54, 1.807) is 0 Å². The fourth-order valence-corrected chi connectivity index (χ4v) is 2.30. The van der Waals surface area contributed by atoms with Gasteiger partial charge in [0.15, 0.2) is 0 Å². The van der Waals surface area contributed by atoms with Gasteiger partial charge in [-0.15, -0.1) is 0 Å². The molecule has 5 nitrogen and oxygen atoms in total. The van der Waals surface area contributed by atoms with Crippen LogP contribution in [-0.4, -0.2) is 28.4 Å². The van der Waals surface area contributed by atoms with Crippen LogP contribution in [0.2, 0.25) is 0 Å². The minimum Gasteiger partial charge on any atom is -0.353 e. The molecule has 0 radical (unpaired) electrons. The molecule has 0 saturated carbocycles. The van der Waals surface area contributed by atoms with E-state index in [9.17, 15) is 4.79 Å². The summed E-state index contributed by atoms with van der Waals surface area (Å²) in [5.41, 5.74) is 2.70. The Kier molecular flexibility index (Phi) is 2.33. The Labute approximate surface area is 98.8 Å². The normalized spacial score (nSPS) is 20.5. The van der Waals surface area contributed by atoms with Crippen LogP contribution in [0.5, 0.6) is 0 Å². The number of carbonyl (C=O) groups excluding carboxylic acids is 1. The molecule has 0 unspecified atom stereocenters. The van der Waals surface area contributed by atoms with Crippen molar-refractivity contribution in [1.82, 2.24) is 20.0 Å². The summed E-state index contributed by atoms with van der Waals surface area (Å²) in [7, 11) is 0. The van der Waals surface area contributed by atoms with Crippen LogP contribution < -0.4 is 10.6 Å². The number of carbonyl (C=O) groups is 1. The molecule has 17 heavy (non-hydrogen) atoms. The molecule has 0 spiro atoms. The fourth-order valence-electron chi connectivity index (χ4n) is 2.30. The number of imidazole rings is 1. The molecule has 3 rings (SSSR count). The van der Waals surface area contributed by atoms with Gasteiger partial charge in [-0.1, -0.05) is 6.07 Å². The molecule has 0 aromatic carbocycles. The van der Waals surface area contributed by atoms with Gasteiger partial charge in [-0.25, -0.2) is 4.98 Å². The van der Waals surface area contributed by atoms with Crippen molar-refractivity contribution in [2.24, 2.45) is 0 Å². The number of hydrogen-bond donors (Lipinski definition) is 2. The second-order valence-electron chi connectivity index (χ2n) is 4.19. The van der Waals surface area contributed by atoms with Gasteiger partial charge in [0.2, 0.25) is 5.91 Å². The lowest BCUT2D eigenvalue weighted by atomic mass is 10.1. The van der Waals surface area contributed by atoms with Gasteiger partial charge in [-0.05, 0) is 19.1 Å². The first-order chi connectivity index (χ1) is 8.27. The molecule has 0 bridgehead atoms. The van der Waals surface area contributed by atoms with Gasteiger partial charge < -0.3 is 9.72 Å². The average molecular weight is 230 g/mol. The zero-order valence-electron chi connectivity index (χ0n) is 9.60. The van der Waals surface area contributed by atoms with Gasteiger partial charge >= 0.3 is 0 Å². The number of rotatable bonds is 1. The zero-order chi connectivity index (χ0) is 11.8. The van der Waals surface area contributed by atoms with Gasteiger partial charge in [-0.2, -0.15) is 0 Å². The van der Waals surface area contributed by atoms with Gasteiger partial charge in [0, 0.05) is 19.3 Å². The number of fused-ring (bicyclic) bond motifs is 1. The van der Waals surface area contributed by atoms with Crippen molar-refractivity contribution >= 4 is 11.6 Å². The molecule has 0 aliphatic carbocycles. The largest absolute Gasteiger partial charge is 0.353 e. The minimum absolute atomic E-state index is 0.0185. The summed E-state index contributed by atoms with van der Waals surface area (Å²) in [5, 5.41) is 6.10. The maximum Gasteiger partial charge on any atom is 0.243 e. The number of nitrogens with zero attached hydrogens (tertiary/aromatic N) is 2. The second-order valence-corrected chi connectivity index (χ2v) is 4.19. The molecule has 2 aromatic heterocycles. The van der Waals surface area contributed by atoms with E-state index < -0.39 is 0 Å². The van der Waals surface area contributed by atoms with Crippen molar-refractivity contribution in [3.05, 3.63) is 35.8 Å². The fraction of sp³-hybridized carbons (Fsp3) is 0.333. The van der Waals surface area contributed by atoms with E-state index in [1.807, 2.05) is 35.7 Å². The van der Waals surface area contributed by atoms with E-state index in [2.05, 4.69) is 15.6 Å². The number of hydrogen-bond acceptors (Lipinski definition) is 3. The number of nitrogens with one attached hydrogen (secondary N) is 2. The number of pyridine rings is 1. The Morgan fingerprint density at radius 2 is 2.29 bits per heavy atom. The molecule has 1 aliphatic rings. The van der Waals surface area contributed by atoms with Crippen LogP contribution in [0.4, 0.5) is 0 Å². The number of aromatic nitrogens is 2. The highest BCUT2D eigenvalue weighted by Gasteiger charge is 2.27. The van der Waals surface area contributed by atoms with E-state index in [1.165, 1.54) is 0 Å². The Bertz CT molecular complexity index is 575. The molecule has 5 heteroatoms. The van der Waals surface area contributed by atoms with Crippen molar-refractivity contribution in [2.75, 3.05) is 13.1 Å². The molecule has 1 atom stereocenters. The summed E-state index contributed by atoms with van der Waals surface area (Å²) in [6.07, 6.45) is 1.94. The highest BCUT2D eigenvalue weighted by Crippen LogP contribution is 2.20. The standard InChI is InChI=1S/C12H14N4O/c1-8-11(10-12(17)14-6-5-13-10)16-7-3-2-4-9(16)15-8/h2-4,7,10,13H,5-6H2,1H3,(H,14,17)/t10-/m0/s1. The lowest BCUT2D eigenvalue weighted by Crippen LogP contribution is -2.47. The molecule has 1 saturated heterocycles. The summed E-state index contributed by atoms with van der Waals surface area (Å²) in [4.78, 5) is 16.3. The predicted octanol–water partition coefficient (Wildman–Crippen LogP) is 0.403. The third-order valence-electron chi connectivity index (χ3n) is 3.06. The summed E-state index contributed by atoms with van der Waals surface area (Å²) < 4.78 is 1.97. The van der Waals surface area contributed by atoms with Gasteiger partial charge in [-0.3, -0.25) is 10.1 Å². The van der Waals surface area contributed by atoms with Gasteiger partial charge in [0.05, 0.1) is 11.4 Å². The number of piperazine rings is 1. The van der Waals surface area contributed by atoms with Crippen molar-refractivity contribution in [2.45, 2.75) is 13.0 Å². The van der Waals surface area contributed by atoms with Crippen LogP contribution in [0.25, 0.3) is 5.65 Å². The van der Waals surface area contributed by atoms with Crippen molar-refractivity contribution < 1.29 is 4.79 Å². The van der Waals surface area contributed by atoms with E-state index in [0.717, 1.165) is 23.6 Å². The topological polar surface area (TPSA) is 58.4 Å². The van der Waals surface area contributed by atoms with Crippen LogP contribution in [0.1, 0.15) is 17.4 Å². The third-order valence-corrected chi connectivity index (χ3v) is 3.06. The van der Waals surface area contributed by atoms with Crippen LogP contribution in [0, 0.1) is 6.92 Å². The summed E-state index contributed by atoms with van der Waals surface area (Å²) in [6, 6.07) is 5.52. The number of amides is 1. The molecule has 1 fully saturated rings. The molecule has 3 heterocycles. The Balaban J connectivity index is 2.15. The second kappa shape index (κ2) is 3.85. The number of aryl methyl sites for hydroxylation is 1. The van der Waals surface area contributed by atoms with E-state index in [4.69, 9.17) is 0 Å². The Morgan fingerprint density at radius 1 is 1.41 bits per heavy atom. The molecule has 1 aliphatic heterocycles. The highest BCUT2D eigenvalue weighted by molar-refractivity contribution is 5.84. The van der Waals surface area contributed by atoms with E-state index in [-0.39, 0.29) is 11.9 Å². The van der Waals surface area contributed by atoms with Gasteiger partial charge in [0.25, 0.3) is 0 Å². The quantitative estimate of drug-likeness (QED) is 0.745. The summed E-state index contributed by atoms with van der Waals surface area (Å²) in [6.45, 7) is 3.41. The molecular formula is C12H14N4O. The lowest BCUT2D eigenvalue weighted by Gasteiger charge is -2.23. The highest BCUT2D eigenvalue weighted by atomic mass is 16.2. The first kappa shape index (κ1) is 10.3. The Morgan fingerprint density at radius 3 is 3.12 bits per heavy atom. The molecule has 88 valence electrons. The molecule has 2 aromatic rings. The first-order valence-electron chi connectivity index (χ1n) is 5.72. The average Bonchev–Trinajstić information content (AvgIpc) is 2.66. The lowest BCUT2D eigenvalue weighted by molar-refractivity contribution is -0.124. The van der Waals surface area contributed by atoms with Gasteiger partial charge in [0.1, 0.15) is 11.7 Å². The van der Waals surface area contributed by atoms with Crippen LogP contribution in [-0.2, 0) is 4.79 Å². The maximum absolute atomic E-state index is 11.9. The summed E-state index contributed by atoms with van der Waals surface area (Å²) in [5.74, 6) is 0.0185. The molecule has 2 N–H and O–H groups in total. The molecular weight excluding hydrogens is 216 g/mol. The molecule has 1 amide bonds. The van der Waals surface area contributed by atoms with Crippen molar-refractivity contribution in [3.63, 3.8) is 0 Å². The SMILES string of the molecule is Cc1nc2ccccn2c1[C@@H]1NCCNC1=O. The first-order valence-corrected chi connectivity index (χ1v) is 5.72. The maximum atomic E-state index is 11.9. The summed E-state index contributed by atoms with van der Waals surface area (Å²) >= 11 is 0. The predicted molar refractivity (Wildman–Crippen MR) is 63.7 cm³/mol. The minimum atomic E-state index is -0.304. The zero-order valence-corrected chi connectivity index (χ0v) is 9.60. The van der Waals surface area contributed by atoms with Crippen molar-refractivity contribution in [1.29, 1.82) is 0 Å². The monoisotopic (exact) mass is 230 g/mol. The Hall–Kier alpha value is -1.88. The van der Waals surface area contributed by atoms with E-state index >= 15 is 0 Å². The van der Waals surface area contributed by atoms with Crippen LogP contribution in [0.3, 0.4) is 0 Å². The van der Waals surface area contributed by atoms with Crippen LogP contribution >= 0.6 is 0 Å². The smallest absolute Gasteiger partial charge is 0.243 e. The van der Waals surface area contributed by atoms with E-state index in [0.29, 0.717) is 6.54 Å². The third kappa shape index (κ3) is 1.59. The van der Waals surface area contributed by atoms with Crippen LogP contribution in [0.15, 0.2) is 24.4 Å².